The van der Waals surface area contributed by atoms with E-state index in [-0.39, 0.29) is 30.8 Å². The monoisotopic (exact) mass is 503 g/mol. The fourth-order valence-electron chi connectivity index (χ4n) is 4.48. The van der Waals surface area contributed by atoms with Crippen molar-refractivity contribution in [3.05, 3.63) is 35.0 Å². The molecule has 10 nitrogen and oxygen atoms in total. The first-order valence-electron chi connectivity index (χ1n) is 11.8. The molecule has 0 aromatic carbocycles. The predicted molar refractivity (Wildman–Crippen MR) is 130 cm³/mol. The van der Waals surface area contributed by atoms with Crippen LogP contribution >= 0.6 is 0 Å². The van der Waals surface area contributed by atoms with E-state index in [4.69, 9.17) is 4.74 Å². The quantitative estimate of drug-likeness (QED) is 0.529. The van der Waals surface area contributed by atoms with E-state index in [1.807, 2.05) is 13.0 Å². The van der Waals surface area contributed by atoms with Crippen LogP contribution in [-0.4, -0.2) is 64.7 Å². The number of nitrogens with zero attached hydrogens (tertiary/aromatic N) is 4. The number of carbonyl (C=O) groups excluding carboxylic acids is 1. The van der Waals surface area contributed by atoms with Crippen LogP contribution in [0, 0.1) is 11.3 Å². The standard InChI is InChI=1S/C24H33N5O5S/c1-5-7-16-12-19(34-3)22(26-14-16)29-18(13-25)21(28-20(29)6-2)23(30)27-15-24(31)10-8-17(9-11-24)35(4,32)33/h12,14,17,31H,5-11,15H2,1-4H3,(H,27,30). The Morgan fingerprint density at radius 3 is 2.60 bits per heavy atom. The topological polar surface area (TPSA) is 147 Å². The number of pyridine rings is 1. The van der Waals surface area contributed by atoms with Crippen molar-refractivity contribution in [3.63, 3.8) is 0 Å². The number of rotatable bonds is 9. The Bertz CT molecular complexity index is 1220. The minimum absolute atomic E-state index is 0.0289. The van der Waals surface area contributed by atoms with Gasteiger partial charge in [-0.3, -0.25) is 9.36 Å². The van der Waals surface area contributed by atoms with Gasteiger partial charge < -0.3 is 15.2 Å². The molecular formula is C24H33N5O5S. The predicted octanol–water partition coefficient (Wildman–Crippen LogP) is 2.11. The molecule has 1 fully saturated rings. The summed E-state index contributed by atoms with van der Waals surface area (Å²) in [5.41, 5.74) is -0.235. The second-order valence-electron chi connectivity index (χ2n) is 9.08. The summed E-state index contributed by atoms with van der Waals surface area (Å²) in [6.07, 6.45) is 6.35. The van der Waals surface area contributed by atoms with Crippen molar-refractivity contribution in [1.82, 2.24) is 19.9 Å². The molecule has 35 heavy (non-hydrogen) atoms. The van der Waals surface area contributed by atoms with E-state index in [1.54, 1.807) is 6.20 Å². The average Bonchev–Trinajstić information content (AvgIpc) is 3.21. The van der Waals surface area contributed by atoms with E-state index < -0.39 is 26.6 Å². The maximum Gasteiger partial charge on any atom is 0.273 e. The first-order chi connectivity index (χ1) is 16.6. The highest BCUT2D eigenvalue weighted by Crippen LogP contribution is 2.31. The fourth-order valence-corrected chi connectivity index (χ4v) is 5.57. The maximum absolute atomic E-state index is 13.0. The third kappa shape index (κ3) is 5.82. The number of aromatic nitrogens is 3. The molecule has 2 N–H and O–H groups in total. The third-order valence-electron chi connectivity index (χ3n) is 6.49. The lowest BCUT2D eigenvalue weighted by atomic mass is 9.84. The molecule has 2 aromatic rings. The number of carbonyl (C=O) groups is 1. The molecule has 1 aliphatic carbocycles. The number of methoxy groups -OCH3 is 1. The van der Waals surface area contributed by atoms with Crippen molar-refractivity contribution >= 4 is 15.7 Å². The normalized spacial score (nSPS) is 20.3. The Balaban J connectivity index is 1.85. The molecule has 1 amide bonds. The lowest BCUT2D eigenvalue weighted by Gasteiger charge is -2.35. The second-order valence-corrected chi connectivity index (χ2v) is 11.4. The Kier molecular flexibility index (Phi) is 8.18. The van der Waals surface area contributed by atoms with Crippen molar-refractivity contribution in [3.8, 4) is 17.6 Å². The van der Waals surface area contributed by atoms with Gasteiger partial charge in [0.1, 0.15) is 21.7 Å². The Hall–Kier alpha value is -2.97. The van der Waals surface area contributed by atoms with Gasteiger partial charge in [0.2, 0.25) is 0 Å². The zero-order valence-corrected chi connectivity index (χ0v) is 21.5. The number of ether oxygens (including phenoxy) is 1. The van der Waals surface area contributed by atoms with Crippen molar-refractivity contribution in [1.29, 1.82) is 5.26 Å². The number of amides is 1. The highest BCUT2D eigenvalue weighted by Gasteiger charge is 2.37. The number of hydrogen-bond acceptors (Lipinski definition) is 8. The summed E-state index contributed by atoms with van der Waals surface area (Å²) in [6, 6.07) is 3.94. The molecule has 190 valence electrons. The number of nitrogens with one attached hydrogen (secondary N) is 1. The molecule has 0 radical (unpaired) electrons. The van der Waals surface area contributed by atoms with Gasteiger partial charge in [-0.15, -0.1) is 0 Å². The molecule has 0 saturated heterocycles. The smallest absolute Gasteiger partial charge is 0.273 e. The Morgan fingerprint density at radius 1 is 1.37 bits per heavy atom. The van der Waals surface area contributed by atoms with Gasteiger partial charge >= 0.3 is 0 Å². The zero-order valence-electron chi connectivity index (χ0n) is 20.7. The number of hydrogen-bond donors (Lipinski definition) is 2. The zero-order chi connectivity index (χ0) is 25.8. The van der Waals surface area contributed by atoms with Crippen molar-refractivity contribution < 1.29 is 23.1 Å². The van der Waals surface area contributed by atoms with Crippen LogP contribution in [0.25, 0.3) is 5.82 Å². The number of sulfone groups is 1. The van der Waals surface area contributed by atoms with Gasteiger partial charge in [-0.25, -0.2) is 18.4 Å². The highest BCUT2D eigenvalue weighted by molar-refractivity contribution is 7.91. The summed E-state index contributed by atoms with van der Waals surface area (Å²) < 4.78 is 30.6. The molecule has 1 saturated carbocycles. The van der Waals surface area contributed by atoms with Crippen molar-refractivity contribution in [2.45, 2.75) is 69.6 Å². The van der Waals surface area contributed by atoms with Gasteiger partial charge in [0, 0.05) is 25.4 Å². The second kappa shape index (κ2) is 10.7. The molecule has 1 aliphatic rings. The minimum Gasteiger partial charge on any atom is -0.493 e. The fraction of sp³-hybridized carbons (Fsp3) is 0.583. The van der Waals surface area contributed by atoms with Crippen LogP contribution in [0.15, 0.2) is 12.3 Å². The van der Waals surface area contributed by atoms with Crippen LogP contribution in [0.3, 0.4) is 0 Å². The van der Waals surface area contributed by atoms with E-state index in [9.17, 15) is 23.6 Å². The highest BCUT2D eigenvalue weighted by atomic mass is 32.2. The molecule has 3 rings (SSSR count). The van der Waals surface area contributed by atoms with E-state index in [2.05, 4.69) is 28.3 Å². The van der Waals surface area contributed by atoms with Gasteiger partial charge in [-0.1, -0.05) is 20.3 Å². The summed E-state index contributed by atoms with van der Waals surface area (Å²) in [7, 11) is -1.64. The van der Waals surface area contributed by atoms with Gasteiger partial charge in [0.15, 0.2) is 23.0 Å². The SMILES string of the molecule is CCCc1cnc(-n2c(CC)nc(C(=O)NCC3(O)CCC(S(C)(=O)=O)CC3)c2C#N)c(OC)c1. The van der Waals surface area contributed by atoms with Crippen molar-refractivity contribution in [2.75, 3.05) is 19.9 Å². The van der Waals surface area contributed by atoms with Crippen LogP contribution in [-0.2, 0) is 22.7 Å². The molecule has 0 atom stereocenters. The molecule has 0 aliphatic heterocycles. The number of nitriles is 1. The van der Waals surface area contributed by atoms with Crippen LogP contribution in [0.4, 0.5) is 0 Å². The van der Waals surface area contributed by atoms with E-state index >= 15 is 0 Å². The van der Waals surface area contributed by atoms with Crippen LogP contribution in [0.5, 0.6) is 5.75 Å². The third-order valence-corrected chi connectivity index (χ3v) is 8.17. The lowest BCUT2D eigenvalue weighted by Crippen LogP contribution is -2.47. The first-order valence-corrected chi connectivity index (χ1v) is 13.8. The molecule has 0 unspecified atom stereocenters. The summed E-state index contributed by atoms with van der Waals surface area (Å²) in [6.45, 7) is 3.87. The van der Waals surface area contributed by atoms with E-state index in [1.165, 1.54) is 17.9 Å². The molecule has 2 heterocycles. The number of aliphatic hydroxyl groups is 1. The largest absolute Gasteiger partial charge is 0.493 e. The van der Waals surface area contributed by atoms with Gasteiger partial charge in [-0.2, -0.15) is 5.26 Å². The van der Waals surface area contributed by atoms with Gasteiger partial charge in [0.25, 0.3) is 5.91 Å². The van der Waals surface area contributed by atoms with Gasteiger partial charge in [0.05, 0.1) is 18.0 Å². The summed E-state index contributed by atoms with van der Waals surface area (Å²) in [5.74, 6) is 0.747. The van der Waals surface area contributed by atoms with E-state index in [0.29, 0.717) is 36.7 Å². The number of imidazole rings is 1. The molecule has 2 aromatic heterocycles. The Morgan fingerprint density at radius 2 is 2.06 bits per heavy atom. The van der Waals surface area contributed by atoms with Crippen LogP contribution in [0.2, 0.25) is 0 Å². The summed E-state index contributed by atoms with van der Waals surface area (Å²) >= 11 is 0. The Labute approximate surface area is 206 Å². The molecule has 0 bridgehead atoms. The number of aryl methyl sites for hydroxylation is 2. The molecule has 11 heteroatoms. The molecule has 0 spiro atoms. The summed E-state index contributed by atoms with van der Waals surface area (Å²) in [5, 5.41) is 23.0. The lowest BCUT2D eigenvalue weighted by molar-refractivity contribution is 0.00606. The summed E-state index contributed by atoms with van der Waals surface area (Å²) in [4.78, 5) is 22.0. The maximum atomic E-state index is 13.0. The van der Waals surface area contributed by atoms with Crippen molar-refractivity contribution in [2.24, 2.45) is 0 Å². The van der Waals surface area contributed by atoms with Crippen LogP contribution < -0.4 is 10.1 Å². The first kappa shape index (κ1) is 26.6. The van der Waals surface area contributed by atoms with Crippen LogP contribution in [0.1, 0.15) is 73.5 Å². The van der Waals surface area contributed by atoms with E-state index in [0.717, 1.165) is 18.4 Å². The molecular weight excluding hydrogens is 470 g/mol. The van der Waals surface area contributed by atoms with Gasteiger partial charge in [-0.05, 0) is 43.7 Å². The minimum atomic E-state index is -3.17. The average molecular weight is 504 g/mol.